The van der Waals surface area contributed by atoms with Gasteiger partial charge in [-0.1, -0.05) is 45.0 Å². The van der Waals surface area contributed by atoms with Gasteiger partial charge >= 0.3 is 0 Å². The summed E-state index contributed by atoms with van der Waals surface area (Å²) in [5, 5.41) is 0. The van der Waals surface area contributed by atoms with E-state index < -0.39 is 0 Å². The summed E-state index contributed by atoms with van der Waals surface area (Å²) in [6.45, 7) is 6.78. The molecule has 0 unspecified atom stereocenters. The van der Waals surface area contributed by atoms with E-state index in [1.165, 1.54) is 11.1 Å². The Morgan fingerprint density at radius 1 is 1.14 bits per heavy atom. The molecule has 1 aromatic rings. The van der Waals surface area contributed by atoms with Crippen LogP contribution in [0.15, 0.2) is 29.3 Å². The summed E-state index contributed by atoms with van der Waals surface area (Å²) in [4.78, 5) is 3.99. The lowest BCUT2D eigenvalue weighted by molar-refractivity contribution is 0.411. The van der Waals surface area contributed by atoms with Crippen LogP contribution in [0.5, 0.6) is 0 Å². The van der Waals surface area contributed by atoms with Crippen LogP contribution < -0.4 is 0 Å². The second kappa shape index (κ2) is 4.41. The predicted molar refractivity (Wildman–Crippen MR) is 63.1 cm³/mol. The Morgan fingerprint density at radius 2 is 1.71 bits per heavy atom. The third kappa shape index (κ3) is 3.73. The van der Waals surface area contributed by atoms with Crippen molar-refractivity contribution in [2.45, 2.75) is 27.2 Å². The highest BCUT2D eigenvalue weighted by molar-refractivity contribution is 5.79. The molecule has 0 fully saturated rings. The Hall–Kier alpha value is -1.11. The Morgan fingerprint density at radius 3 is 2.14 bits per heavy atom. The molecule has 0 saturated heterocycles. The predicted octanol–water partition coefficient (Wildman–Crippen LogP) is 3.32. The third-order valence-electron chi connectivity index (χ3n) is 1.99. The molecule has 0 spiro atoms. The lowest BCUT2D eigenvalue weighted by Crippen LogP contribution is -2.08. The van der Waals surface area contributed by atoms with Crippen LogP contribution in [0.1, 0.15) is 31.9 Å². The van der Waals surface area contributed by atoms with E-state index in [4.69, 9.17) is 0 Å². The van der Waals surface area contributed by atoms with Crippen molar-refractivity contribution in [1.82, 2.24) is 0 Å². The lowest BCUT2D eigenvalue weighted by Gasteiger charge is -2.17. The molecular weight excluding hydrogens is 170 g/mol. The van der Waals surface area contributed by atoms with Gasteiger partial charge in [-0.25, -0.2) is 0 Å². The zero-order chi connectivity index (χ0) is 10.6. The van der Waals surface area contributed by atoms with E-state index >= 15 is 0 Å². The number of aliphatic imine (C=N–C) groups is 1. The molecule has 1 rings (SSSR count). The van der Waals surface area contributed by atoms with Gasteiger partial charge < -0.3 is 0 Å². The summed E-state index contributed by atoms with van der Waals surface area (Å²) in [6, 6.07) is 8.60. The van der Waals surface area contributed by atoms with E-state index in [0.717, 1.165) is 6.42 Å². The first-order chi connectivity index (χ1) is 6.51. The second-order valence-corrected chi connectivity index (χ2v) is 4.87. The maximum Gasteiger partial charge on any atom is 0.0281 e. The van der Waals surface area contributed by atoms with Gasteiger partial charge in [0.25, 0.3) is 0 Å². The van der Waals surface area contributed by atoms with Crippen molar-refractivity contribution >= 4 is 6.21 Å². The maximum absolute atomic E-state index is 3.99. The van der Waals surface area contributed by atoms with Crippen LogP contribution in [0.25, 0.3) is 0 Å². The molecule has 0 radical (unpaired) electrons. The monoisotopic (exact) mass is 189 g/mol. The average Bonchev–Trinajstić information content (AvgIpc) is 2.06. The molecule has 14 heavy (non-hydrogen) atoms. The van der Waals surface area contributed by atoms with Gasteiger partial charge in [0.15, 0.2) is 0 Å². The van der Waals surface area contributed by atoms with Crippen molar-refractivity contribution in [2.75, 3.05) is 7.05 Å². The summed E-state index contributed by atoms with van der Waals surface area (Å²) in [6.07, 6.45) is 3.00. The molecule has 0 saturated carbocycles. The van der Waals surface area contributed by atoms with Crippen LogP contribution in [-0.4, -0.2) is 13.3 Å². The Kier molecular flexibility index (Phi) is 3.45. The molecule has 0 amide bonds. The van der Waals surface area contributed by atoms with Gasteiger partial charge in [0, 0.05) is 13.3 Å². The fraction of sp³-hybridized carbons (Fsp3) is 0.462. The molecule has 1 nitrogen and oxygen atoms in total. The minimum Gasteiger partial charge on any atom is -0.296 e. The molecule has 0 atom stereocenters. The summed E-state index contributed by atoms with van der Waals surface area (Å²) in [5.74, 6) is 0. The van der Waals surface area contributed by atoms with Crippen molar-refractivity contribution in [3.63, 3.8) is 0 Å². The van der Waals surface area contributed by atoms with Gasteiger partial charge in [0.1, 0.15) is 0 Å². The molecule has 0 aliphatic rings. The molecule has 0 aliphatic heterocycles. The molecule has 76 valence electrons. The molecule has 0 N–H and O–H groups in total. The van der Waals surface area contributed by atoms with Crippen LogP contribution in [0.3, 0.4) is 0 Å². The topological polar surface area (TPSA) is 12.4 Å². The van der Waals surface area contributed by atoms with E-state index in [0.29, 0.717) is 5.41 Å². The van der Waals surface area contributed by atoms with Gasteiger partial charge in [0.2, 0.25) is 0 Å². The van der Waals surface area contributed by atoms with Crippen molar-refractivity contribution in [3.8, 4) is 0 Å². The summed E-state index contributed by atoms with van der Waals surface area (Å²) in [7, 11) is 1.79. The van der Waals surface area contributed by atoms with Gasteiger partial charge in [-0.2, -0.15) is 0 Å². The molecule has 0 bridgehead atoms. The first-order valence-corrected chi connectivity index (χ1v) is 5.02. The van der Waals surface area contributed by atoms with E-state index in [2.05, 4.69) is 50.0 Å². The van der Waals surface area contributed by atoms with Gasteiger partial charge in [-0.15, -0.1) is 0 Å². The third-order valence-corrected chi connectivity index (χ3v) is 1.99. The van der Waals surface area contributed by atoms with Crippen LogP contribution in [0.4, 0.5) is 0 Å². The number of hydrogen-bond acceptors (Lipinski definition) is 1. The van der Waals surface area contributed by atoms with Crippen LogP contribution in [-0.2, 0) is 6.42 Å². The van der Waals surface area contributed by atoms with Crippen molar-refractivity contribution in [3.05, 3.63) is 35.4 Å². The average molecular weight is 189 g/mol. The Bertz CT molecular complexity index is 301. The summed E-state index contributed by atoms with van der Waals surface area (Å²) < 4.78 is 0. The Labute approximate surface area is 86.9 Å². The van der Waals surface area contributed by atoms with Crippen LogP contribution in [0, 0.1) is 5.41 Å². The molecule has 0 aromatic heterocycles. The lowest BCUT2D eigenvalue weighted by atomic mass is 9.88. The normalized spacial score (nSPS) is 12.3. The van der Waals surface area contributed by atoms with Gasteiger partial charge in [0.05, 0.1) is 0 Å². The number of rotatable bonds is 2. The van der Waals surface area contributed by atoms with Crippen LogP contribution in [0.2, 0.25) is 0 Å². The fourth-order valence-electron chi connectivity index (χ4n) is 1.48. The van der Waals surface area contributed by atoms with E-state index in [1.54, 1.807) is 7.05 Å². The minimum absolute atomic E-state index is 0.361. The smallest absolute Gasteiger partial charge is 0.0281 e. The molecular formula is C13H19N. The zero-order valence-electron chi connectivity index (χ0n) is 9.54. The quantitative estimate of drug-likeness (QED) is 0.633. The second-order valence-electron chi connectivity index (χ2n) is 4.87. The first-order valence-electron chi connectivity index (χ1n) is 5.02. The van der Waals surface area contributed by atoms with E-state index in [1.807, 2.05) is 6.21 Å². The largest absolute Gasteiger partial charge is 0.296 e. The first kappa shape index (κ1) is 11.0. The Balaban J connectivity index is 2.74. The maximum atomic E-state index is 3.99. The molecule has 0 aliphatic carbocycles. The van der Waals surface area contributed by atoms with Crippen molar-refractivity contribution in [2.24, 2.45) is 10.4 Å². The highest BCUT2D eigenvalue weighted by atomic mass is 14.6. The summed E-state index contributed by atoms with van der Waals surface area (Å²) in [5.41, 5.74) is 2.93. The van der Waals surface area contributed by atoms with E-state index in [9.17, 15) is 0 Å². The number of nitrogens with zero attached hydrogens (tertiary/aromatic N) is 1. The van der Waals surface area contributed by atoms with Crippen molar-refractivity contribution in [1.29, 1.82) is 0 Å². The molecule has 1 heteroatoms. The van der Waals surface area contributed by atoms with Gasteiger partial charge in [-0.05, 0) is 23.0 Å². The molecule has 1 aromatic carbocycles. The number of hydrogen-bond donors (Lipinski definition) is 0. The SMILES string of the molecule is CN=Cc1ccc(CC(C)(C)C)cc1. The molecule has 0 heterocycles. The fourth-order valence-corrected chi connectivity index (χ4v) is 1.48. The van der Waals surface area contributed by atoms with Gasteiger partial charge in [-0.3, -0.25) is 4.99 Å². The highest BCUT2D eigenvalue weighted by Gasteiger charge is 2.10. The summed E-state index contributed by atoms with van der Waals surface area (Å²) >= 11 is 0. The van der Waals surface area contributed by atoms with E-state index in [-0.39, 0.29) is 0 Å². The number of benzene rings is 1. The van der Waals surface area contributed by atoms with Crippen molar-refractivity contribution < 1.29 is 0 Å². The minimum atomic E-state index is 0.361. The standard InChI is InChI=1S/C13H19N/c1-13(2,3)9-11-5-7-12(8-6-11)10-14-4/h5-8,10H,9H2,1-4H3. The van der Waals surface area contributed by atoms with Crippen LogP contribution >= 0.6 is 0 Å². The highest BCUT2D eigenvalue weighted by Crippen LogP contribution is 2.20. The zero-order valence-corrected chi connectivity index (χ0v) is 9.54.